The van der Waals surface area contributed by atoms with Crippen molar-refractivity contribution in [1.82, 2.24) is 9.13 Å². The van der Waals surface area contributed by atoms with E-state index in [1.807, 2.05) is 0 Å². The number of nitrogens with zero attached hydrogens (tertiary/aromatic N) is 4. The molecule has 0 N–H and O–H groups in total. The van der Waals surface area contributed by atoms with Gasteiger partial charge in [0.25, 0.3) is 0 Å². The van der Waals surface area contributed by atoms with Crippen LogP contribution in [0, 0.1) is 0 Å². The van der Waals surface area contributed by atoms with Gasteiger partial charge in [-0.3, -0.25) is 0 Å². The second-order valence-corrected chi connectivity index (χ2v) is 20.4. The van der Waals surface area contributed by atoms with Crippen LogP contribution in [0.25, 0.3) is 76.9 Å². The van der Waals surface area contributed by atoms with E-state index in [1.165, 1.54) is 49.3 Å². The molecule has 0 saturated heterocycles. The summed E-state index contributed by atoms with van der Waals surface area (Å²) in [6, 6.07) is 92.0. The Hall–Kier alpha value is -9.78. The van der Waals surface area contributed by atoms with Crippen LogP contribution in [0.2, 0.25) is 0 Å². The number of anilines is 6. The summed E-state index contributed by atoms with van der Waals surface area (Å²) < 4.78 is 18.7. The van der Waals surface area contributed by atoms with Gasteiger partial charge >= 0.3 is 0 Å². The van der Waals surface area contributed by atoms with E-state index in [2.05, 4.69) is 274 Å². The molecule has 0 saturated carbocycles. The number of hydrogen-bond acceptors (Lipinski definition) is 4. The molecule has 6 heteroatoms. The molecule has 1 aliphatic heterocycles. The first-order chi connectivity index (χ1) is 37.7. The number of aromatic nitrogens is 2. The minimum absolute atomic E-state index is 0.0421. The molecule has 2 unspecified atom stereocenters. The Kier molecular flexibility index (Phi) is 9.49. The molecule has 14 aromatic rings. The molecule has 3 aromatic heterocycles. The predicted octanol–water partition coefficient (Wildman–Crippen LogP) is 18.4. The van der Waals surface area contributed by atoms with Gasteiger partial charge in [0.05, 0.1) is 22.1 Å². The van der Waals surface area contributed by atoms with E-state index in [0.717, 1.165) is 97.1 Å². The van der Waals surface area contributed by atoms with Crippen LogP contribution >= 0.6 is 0 Å². The summed E-state index contributed by atoms with van der Waals surface area (Å²) >= 11 is 0. The number of fused-ring (bicyclic) bond motifs is 13. The van der Waals surface area contributed by atoms with E-state index in [0.29, 0.717) is 0 Å². The van der Waals surface area contributed by atoms with Gasteiger partial charge in [-0.05, 0) is 133 Å². The van der Waals surface area contributed by atoms with Gasteiger partial charge in [-0.2, -0.15) is 0 Å². The van der Waals surface area contributed by atoms with E-state index in [1.54, 1.807) is 0 Å². The van der Waals surface area contributed by atoms with Gasteiger partial charge in [-0.25, -0.2) is 0 Å². The summed E-state index contributed by atoms with van der Waals surface area (Å²) in [6.07, 6.45) is 1.76. The SMILES string of the molecule is c1ccc(N(c2ccc3c(c2)OC2Cc4cc5c(cc4CC32)oc2cc(N(c3ccccc3)c3ccc4c6ccccc6n(-c6ccccc6)c4c3)ccc25)c2ccc3c4ccccc4n(-c4ccccc4)c3c2)cc1. The number of rotatable bonds is 8. The van der Waals surface area contributed by atoms with Crippen LogP contribution in [0.3, 0.4) is 0 Å². The van der Waals surface area contributed by atoms with Gasteiger partial charge in [0.15, 0.2) is 0 Å². The Morgan fingerprint density at radius 3 is 1.36 bits per heavy atom. The molecular formula is C70H48N4O2. The van der Waals surface area contributed by atoms with Crippen molar-refractivity contribution in [3.8, 4) is 17.1 Å². The highest BCUT2D eigenvalue weighted by Gasteiger charge is 2.39. The van der Waals surface area contributed by atoms with E-state index in [9.17, 15) is 0 Å². The van der Waals surface area contributed by atoms with Crippen LogP contribution < -0.4 is 14.5 Å². The molecule has 0 spiro atoms. The molecule has 360 valence electrons. The zero-order valence-corrected chi connectivity index (χ0v) is 41.4. The third-order valence-corrected chi connectivity index (χ3v) is 16.2. The molecule has 0 bridgehead atoms. The third-order valence-electron chi connectivity index (χ3n) is 16.2. The minimum atomic E-state index is 0.0421. The summed E-state index contributed by atoms with van der Waals surface area (Å²) in [6.45, 7) is 0. The van der Waals surface area contributed by atoms with Gasteiger partial charge in [0.1, 0.15) is 23.0 Å². The van der Waals surface area contributed by atoms with Gasteiger partial charge < -0.3 is 28.1 Å². The first kappa shape index (κ1) is 42.7. The number of hydrogen-bond donors (Lipinski definition) is 0. The number of para-hydroxylation sites is 6. The van der Waals surface area contributed by atoms with Crippen molar-refractivity contribution in [2.45, 2.75) is 24.9 Å². The Bertz CT molecular complexity index is 4580. The topological polar surface area (TPSA) is 38.7 Å². The van der Waals surface area contributed by atoms with E-state index in [4.69, 9.17) is 9.15 Å². The van der Waals surface area contributed by atoms with E-state index in [-0.39, 0.29) is 12.0 Å². The maximum atomic E-state index is 7.04. The van der Waals surface area contributed by atoms with Gasteiger partial charge in [-0.15, -0.1) is 0 Å². The van der Waals surface area contributed by atoms with Crippen molar-refractivity contribution in [2.75, 3.05) is 9.80 Å². The summed E-state index contributed by atoms with van der Waals surface area (Å²) in [4.78, 5) is 4.70. The Morgan fingerprint density at radius 1 is 0.329 bits per heavy atom. The minimum Gasteiger partial charge on any atom is -0.489 e. The number of furan rings is 1. The van der Waals surface area contributed by atoms with Gasteiger partial charge in [-0.1, -0.05) is 127 Å². The largest absolute Gasteiger partial charge is 0.489 e. The molecule has 16 rings (SSSR count). The highest BCUT2D eigenvalue weighted by atomic mass is 16.5. The van der Waals surface area contributed by atoms with Crippen LogP contribution in [0.1, 0.15) is 22.6 Å². The molecule has 1 aliphatic carbocycles. The fourth-order valence-corrected chi connectivity index (χ4v) is 12.8. The van der Waals surface area contributed by atoms with Crippen molar-refractivity contribution < 1.29 is 9.15 Å². The van der Waals surface area contributed by atoms with Crippen LogP contribution in [0.4, 0.5) is 34.1 Å². The maximum Gasteiger partial charge on any atom is 0.137 e. The molecule has 2 atom stereocenters. The van der Waals surface area contributed by atoms with Crippen LogP contribution in [-0.4, -0.2) is 15.2 Å². The maximum absolute atomic E-state index is 7.04. The average molecular weight is 977 g/mol. The highest BCUT2D eigenvalue weighted by Crippen LogP contribution is 2.50. The van der Waals surface area contributed by atoms with E-state index < -0.39 is 0 Å². The van der Waals surface area contributed by atoms with Crippen molar-refractivity contribution in [1.29, 1.82) is 0 Å². The fraction of sp³-hybridized carbons (Fsp3) is 0.0571. The zero-order valence-electron chi connectivity index (χ0n) is 41.4. The standard InChI is InChI=1S/C70H48N4O2/c1-5-17-47(18-6-1)71(51-29-33-57-55-25-13-15-27-63(55)73(65(57)41-51)49-21-9-3-10-22-49)53-31-35-59-61-37-45-40-68-62(38-46(45)39-67(61)75-69(59)43-53)60-36-32-54(44-70(60)76-68)72(48-19-7-2-8-20-48)52-30-34-58-56-26-14-16-28-64(56)74(66(58)42-52)50-23-11-4-12-24-50/h1-37,39,41-44,62,68H,38,40H2. The summed E-state index contributed by atoms with van der Waals surface area (Å²) in [7, 11) is 0. The average Bonchev–Trinajstić information content (AvgIpc) is 4.23. The lowest BCUT2D eigenvalue weighted by Gasteiger charge is -2.27. The number of ether oxygens (including phenoxy) is 1. The molecular weight excluding hydrogens is 929 g/mol. The fourth-order valence-electron chi connectivity index (χ4n) is 12.8. The Balaban J connectivity index is 0.743. The lowest BCUT2D eigenvalue weighted by atomic mass is 9.79. The molecule has 6 nitrogen and oxygen atoms in total. The third kappa shape index (κ3) is 6.67. The van der Waals surface area contributed by atoms with Crippen molar-refractivity contribution in [3.05, 3.63) is 271 Å². The van der Waals surface area contributed by atoms with Crippen molar-refractivity contribution in [3.63, 3.8) is 0 Å². The highest BCUT2D eigenvalue weighted by molar-refractivity contribution is 6.12. The molecule has 0 fully saturated rings. The smallest absolute Gasteiger partial charge is 0.137 e. The molecule has 4 heterocycles. The zero-order chi connectivity index (χ0) is 49.8. The van der Waals surface area contributed by atoms with Gasteiger partial charge in [0, 0.05) is 108 Å². The van der Waals surface area contributed by atoms with Gasteiger partial charge in [0.2, 0.25) is 0 Å². The van der Waals surface area contributed by atoms with E-state index >= 15 is 0 Å². The van der Waals surface area contributed by atoms with Crippen molar-refractivity contribution in [2.24, 2.45) is 0 Å². The molecule has 76 heavy (non-hydrogen) atoms. The quantitative estimate of drug-likeness (QED) is 0.152. The Morgan fingerprint density at radius 2 is 0.776 bits per heavy atom. The van der Waals surface area contributed by atoms with Crippen molar-refractivity contribution >= 4 is 99.7 Å². The first-order valence-electron chi connectivity index (χ1n) is 26.3. The van der Waals surface area contributed by atoms with Crippen LogP contribution in [-0.2, 0) is 12.8 Å². The first-order valence-corrected chi connectivity index (χ1v) is 26.3. The second kappa shape index (κ2) is 16.9. The molecule has 0 amide bonds. The monoisotopic (exact) mass is 976 g/mol. The normalized spacial score (nSPS) is 14.8. The van der Waals surface area contributed by atoms with Crippen LogP contribution in [0.15, 0.2) is 259 Å². The lowest BCUT2D eigenvalue weighted by Crippen LogP contribution is -2.28. The molecule has 0 radical (unpaired) electrons. The summed E-state index contributed by atoms with van der Waals surface area (Å²) in [5.74, 6) is 1.21. The second-order valence-electron chi connectivity index (χ2n) is 20.4. The molecule has 2 aliphatic rings. The summed E-state index contributed by atoms with van der Waals surface area (Å²) in [5, 5.41) is 7.17. The lowest BCUT2D eigenvalue weighted by molar-refractivity contribution is 0.197. The molecule has 11 aromatic carbocycles. The number of benzene rings is 11. The summed E-state index contributed by atoms with van der Waals surface area (Å²) in [5.41, 5.74) is 19.1. The predicted molar refractivity (Wildman–Crippen MR) is 313 cm³/mol. The Labute approximate surface area is 439 Å². The van der Waals surface area contributed by atoms with Crippen LogP contribution in [0.5, 0.6) is 5.75 Å².